The van der Waals surface area contributed by atoms with E-state index < -0.39 is 10.8 Å². The van der Waals surface area contributed by atoms with Gasteiger partial charge in [-0.3, -0.25) is 19.6 Å². The molecule has 0 saturated heterocycles. The van der Waals surface area contributed by atoms with E-state index in [9.17, 15) is 14.9 Å². The largest absolute Gasteiger partial charge is 0.460 e. The predicted octanol–water partition coefficient (Wildman–Crippen LogP) is 6.43. The molecule has 1 N–H and O–H groups in total. The van der Waals surface area contributed by atoms with Crippen molar-refractivity contribution in [1.82, 2.24) is 14.7 Å². The lowest BCUT2D eigenvalue weighted by Gasteiger charge is -2.17. The van der Waals surface area contributed by atoms with E-state index in [0.717, 1.165) is 67.6 Å². The number of likely N-dealkylation sites (N-methyl/N-ethyl adjacent to an activating group) is 1. The summed E-state index contributed by atoms with van der Waals surface area (Å²) in [5.41, 5.74) is 3.53. The molecule has 0 aliphatic carbocycles. The number of furan rings is 1. The summed E-state index contributed by atoms with van der Waals surface area (Å²) in [6.07, 6.45) is 7.84. The van der Waals surface area contributed by atoms with Gasteiger partial charge in [-0.15, -0.1) is 0 Å². The highest BCUT2D eigenvalue weighted by Gasteiger charge is 2.22. The number of fused-ring (bicyclic) bond motifs is 1. The summed E-state index contributed by atoms with van der Waals surface area (Å²) in [4.78, 5) is 26.1. The number of carbonyl (C=O) groups is 1. The summed E-state index contributed by atoms with van der Waals surface area (Å²) < 4.78 is 8.30. The molecule has 9 heteroatoms. The zero-order chi connectivity index (χ0) is 27.9. The van der Waals surface area contributed by atoms with Crippen LogP contribution in [0.25, 0.3) is 11.0 Å². The highest BCUT2D eigenvalue weighted by atomic mass is 16.6. The Kier molecular flexibility index (Phi) is 9.14. The molecule has 39 heavy (non-hydrogen) atoms. The van der Waals surface area contributed by atoms with Crippen LogP contribution >= 0.6 is 0 Å². The maximum atomic E-state index is 12.9. The number of rotatable bonds is 13. The number of hydrogen-bond donors (Lipinski definition) is 1. The van der Waals surface area contributed by atoms with Crippen molar-refractivity contribution in [2.45, 2.75) is 58.9 Å². The summed E-state index contributed by atoms with van der Waals surface area (Å²) >= 11 is 0. The van der Waals surface area contributed by atoms with Gasteiger partial charge in [-0.2, -0.15) is 5.10 Å². The number of nitrogens with zero attached hydrogens (tertiary/aromatic N) is 4. The SMILES string of the molecule is CCCn1cc(CCN(C)CCc2c(C(C)CC)oc3ccc(NC(=O)c4ccccc4[N+](=O)[O-])cc23)cn1. The van der Waals surface area contributed by atoms with Crippen LogP contribution in [0.1, 0.15) is 66.8 Å². The molecule has 4 aromatic rings. The fourth-order valence-electron chi connectivity index (χ4n) is 4.73. The van der Waals surface area contributed by atoms with E-state index in [1.165, 1.54) is 17.7 Å². The second-order valence-electron chi connectivity index (χ2n) is 10.1. The first-order chi connectivity index (χ1) is 18.8. The Morgan fingerprint density at radius 3 is 2.69 bits per heavy atom. The lowest BCUT2D eigenvalue weighted by Crippen LogP contribution is -2.24. The molecule has 0 radical (unpaired) electrons. The number of benzene rings is 2. The Morgan fingerprint density at radius 2 is 1.95 bits per heavy atom. The quantitative estimate of drug-likeness (QED) is 0.157. The van der Waals surface area contributed by atoms with Crippen LogP contribution in [-0.2, 0) is 19.4 Å². The van der Waals surface area contributed by atoms with Crippen molar-refractivity contribution in [3.63, 3.8) is 0 Å². The molecule has 1 amide bonds. The van der Waals surface area contributed by atoms with Gasteiger partial charge in [0.05, 0.1) is 11.1 Å². The van der Waals surface area contributed by atoms with Gasteiger partial charge in [-0.1, -0.05) is 32.9 Å². The van der Waals surface area contributed by atoms with E-state index in [4.69, 9.17) is 4.42 Å². The third-order valence-corrected chi connectivity index (χ3v) is 7.15. The van der Waals surface area contributed by atoms with Crippen LogP contribution < -0.4 is 5.32 Å². The third-order valence-electron chi connectivity index (χ3n) is 7.15. The molecule has 2 aromatic heterocycles. The molecule has 206 valence electrons. The summed E-state index contributed by atoms with van der Waals surface area (Å²) in [6.45, 7) is 9.17. The minimum absolute atomic E-state index is 0.0252. The highest BCUT2D eigenvalue weighted by molar-refractivity contribution is 6.07. The number of nitrogens with one attached hydrogen (secondary N) is 1. The second kappa shape index (κ2) is 12.7. The van der Waals surface area contributed by atoms with Gasteiger partial charge in [-0.25, -0.2) is 0 Å². The lowest BCUT2D eigenvalue weighted by molar-refractivity contribution is -0.385. The summed E-state index contributed by atoms with van der Waals surface area (Å²) in [7, 11) is 2.13. The molecule has 0 spiro atoms. The summed E-state index contributed by atoms with van der Waals surface area (Å²) in [6, 6.07) is 11.5. The van der Waals surface area contributed by atoms with Gasteiger partial charge in [0.15, 0.2) is 0 Å². The number of nitro groups is 1. The smallest absolute Gasteiger partial charge is 0.282 e. The number of carbonyl (C=O) groups excluding carboxylic acids is 1. The Balaban J connectivity index is 1.51. The maximum Gasteiger partial charge on any atom is 0.282 e. The van der Waals surface area contributed by atoms with E-state index in [-0.39, 0.29) is 17.2 Å². The lowest BCUT2D eigenvalue weighted by atomic mass is 9.98. The van der Waals surface area contributed by atoms with Crippen LogP contribution in [0.3, 0.4) is 0 Å². The van der Waals surface area contributed by atoms with Crippen molar-refractivity contribution >= 4 is 28.3 Å². The number of aryl methyl sites for hydroxylation is 1. The number of para-hydroxylation sites is 1. The fraction of sp³-hybridized carbons (Fsp3) is 0.400. The normalized spacial score (nSPS) is 12.2. The van der Waals surface area contributed by atoms with E-state index in [2.05, 4.69) is 49.3 Å². The van der Waals surface area contributed by atoms with Gasteiger partial charge in [-0.05, 0) is 62.6 Å². The van der Waals surface area contributed by atoms with Gasteiger partial charge in [0.25, 0.3) is 11.6 Å². The molecule has 2 heterocycles. The minimum Gasteiger partial charge on any atom is -0.460 e. The average molecular weight is 532 g/mol. The van der Waals surface area contributed by atoms with E-state index in [1.54, 1.807) is 18.2 Å². The second-order valence-corrected chi connectivity index (χ2v) is 10.1. The zero-order valence-electron chi connectivity index (χ0n) is 23.1. The van der Waals surface area contributed by atoms with Crippen molar-refractivity contribution < 1.29 is 14.1 Å². The standard InChI is InChI=1S/C30H37N5O4/c1-5-15-34-20-22(19-31-34)13-16-33(4)17-14-24-26-18-23(11-12-28(26)39-29(24)21(3)6-2)32-30(36)25-9-7-8-10-27(25)35(37)38/h7-12,18-21H,5-6,13-17H2,1-4H3,(H,32,36). The van der Waals surface area contributed by atoms with Gasteiger partial charge in [0.2, 0.25) is 0 Å². The highest BCUT2D eigenvalue weighted by Crippen LogP contribution is 2.35. The number of amides is 1. The first-order valence-corrected chi connectivity index (χ1v) is 13.6. The molecule has 9 nitrogen and oxygen atoms in total. The molecule has 2 aromatic carbocycles. The van der Waals surface area contributed by atoms with Crippen molar-refractivity contribution in [3.05, 3.63) is 87.4 Å². The Morgan fingerprint density at radius 1 is 1.18 bits per heavy atom. The van der Waals surface area contributed by atoms with Crippen LogP contribution in [0.5, 0.6) is 0 Å². The van der Waals surface area contributed by atoms with Gasteiger partial charge in [0.1, 0.15) is 16.9 Å². The molecule has 0 aliphatic rings. The molecule has 0 saturated carbocycles. The summed E-state index contributed by atoms with van der Waals surface area (Å²) in [5.74, 6) is 0.715. The van der Waals surface area contributed by atoms with Gasteiger partial charge in [0, 0.05) is 54.5 Å². The van der Waals surface area contributed by atoms with Crippen molar-refractivity contribution in [1.29, 1.82) is 0 Å². The zero-order valence-corrected chi connectivity index (χ0v) is 23.1. The first-order valence-electron chi connectivity index (χ1n) is 13.6. The Labute approximate surface area is 228 Å². The van der Waals surface area contributed by atoms with Gasteiger partial charge >= 0.3 is 0 Å². The van der Waals surface area contributed by atoms with E-state index in [1.807, 2.05) is 23.0 Å². The molecule has 0 aliphatic heterocycles. The maximum absolute atomic E-state index is 12.9. The average Bonchev–Trinajstić information content (AvgIpc) is 3.54. The van der Waals surface area contributed by atoms with E-state index >= 15 is 0 Å². The van der Waals surface area contributed by atoms with Crippen LogP contribution in [0.2, 0.25) is 0 Å². The summed E-state index contributed by atoms with van der Waals surface area (Å²) in [5, 5.41) is 19.6. The predicted molar refractivity (Wildman–Crippen MR) is 153 cm³/mol. The van der Waals surface area contributed by atoms with Crippen molar-refractivity contribution in [2.75, 3.05) is 25.5 Å². The number of aromatic nitrogens is 2. The van der Waals surface area contributed by atoms with E-state index in [0.29, 0.717) is 5.69 Å². The van der Waals surface area contributed by atoms with Crippen LogP contribution in [0, 0.1) is 10.1 Å². The van der Waals surface area contributed by atoms with Crippen molar-refractivity contribution in [3.8, 4) is 0 Å². The van der Waals surface area contributed by atoms with Crippen LogP contribution in [0.15, 0.2) is 59.3 Å². The molecular formula is C30H37N5O4. The molecule has 4 rings (SSSR count). The van der Waals surface area contributed by atoms with Crippen LogP contribution in [-0.4, -0.2) is 45.6 Å². The topological polar surface area (TPSA) is 106 Å². The third kappa shape index (κ3) is 6.72. The number of anilines is 1. The monoisotopic (exact) mass is 531 g/mol. The minimum atomic E-state index is -0.543. The molecule has 1 unspecified atom stereocenters. The number of hydrogen-bond acceptors (Lipinski definition) is 6. The van der Waals surface area contributed by atoms with Gasteiger partial charge < -0.3 is 14.6 Å². The van der Waals surface area contributed by atoms with Crippen LogP contribution in [0.4, 0.5) is 11.4 Å². The molecule has 1 atom stereocenters. The fourth-order valence-corrected chi connectivity index (χ4v) is 4.73. The Hall–Kier alpha value is -3.98. The molecule has 0 fully saturated rings. The van der Waals surface area contributed by atoms with Crippen molar-refractivity contribution in [2.24, 2.45) is 0 Å². The molecule has 0 bridgehead atoms. The first kappa shape index (κ1) is 28.0. The number of nitro benzene ring substituents is 1. The molecular weight excluding hydrogens is 494 g/mol. The Bertz CT molecular complexity index is 1440.